The highest BCUT2D eigenvalue weighted by atomic mass is 16.5. The van der Waals surface area contributed by atoms with Crippen molar-refractivity contribution in [2.45, 2.75) is 19.3 Å². The Hall–Kier alpha value is -2.27. The summed E-state index contributed by atoms with van der Waals surface area (Å²) in [6.45, 7) is 1.71. The predicted molar refractivity (Wildman–Crippen MR) is 83.9 cm³/mol. The van der Waals surface area contributed by atoms with Crippen molar-refractivity contribution in [2.24, 2.45) is 5.92 Å². The SMILES string of the molecule is c1cncc(-n2c(CC3CCOCC3)nc3cccnc32)c1. The lowest BCUT2D eigenvalue weighted by Gasteiger charge is -2.21. The smallest absolute Gasteiger partial charge is 0.164 e. The number of ether oxygens (including phenoxy) is 1. The van der Waals surface area contributed by atoms with Crippen LogP contribution in [0.5, 0.6) is 0 Å². The fraction of sp³-hybridized carbons (Fsp3) is 0.353. The first-order valence-electron chi connectivity index (χ1n) is 7.72. The van der Waals surface area contributed by atoms with Crippen molar-refractivity contribution in [3.05, 3.63) is 48.7 Å². The van der Waals surface area contributed by atoms with E-state index < -0.39 is 0 Å². The zero-order valence-electron chi connectivity index (χ0n) is 12.4. The van der Waals surface area contributed by atoms with E-state index in [1.165, 1.54) is 0 Å². The lowest BCUT2D eigenvalue weighted by molar-refractivity contribution is 0.0659. The van der Waals surface area contributed by atoms with Crippen molar-refractivity contribution in [1.29, 1.82) is 0 Å². The summed E-state index contributed by atoms with van der Waals surface area (Å²) >= 11 is 0. The van der Waals surface area contributed by atoms with Crippen molar-refractivity contribution < 1.29 is 4.74 Å². The van der Waals surface area contributed by atoms with Crippen molar-refractivity contribution in [1.82, 2.24) is 19.5 Å². The third-order valence-electron chi connectivity index (χ3n) is 4.20. The van der Waals surface area contributed by atoms with Gasteiger partial charge >= 0.3 is 0 Å². The maximum absolute atomic E-state index is 5.46. The van der Waals surface area contributed by atoms with Crippen LogP contribution in [0.2, 0.25) is 0 Å². The quantitative estimate of drug-likeness (QED) is 0.745. The Balaban J connectivity index is 1.79. The molecule has 0 bridgehead atoms. The number of nitrogens with zero attached hydrogens (tertiary/aromatic N) is 4. The van der Waals surface area contributed by atoms with E-state index in [0.717, 1.165) is 55.2 Å². The van der Waals surface area contributed by atoms with Gasteiger partial charge in [-0.3, -0.25) is 9.55 Å². The van der Waals surface area contributed by atoms with Gasteiger partial charge in [0.1, 0.15) is 11.3 Å². The fourth-order valence-corrected chi connectivity index (χ4v) is 3.06. The van der Waals surface area contributed by atoms with Gasteiger partial charge < -0.3 is 4.74 Å². The third kappa shape index (κ3) is 2.48. The highest BCUT2D eigenvalue weighted by Crippen LogP contribution is 2.24. The zero-order valence-corrected chi connectivity index (χ0v) is 12.4. The van der Waals surface area contributed by atoms with Gasteiger partial charge in [-0.05, 0) is 43.0 Å². The van der Waals surface area contributed by atoms with E-state index in [-0.39, 0.29) is 0 Å². The number of rotatable bonds is 3. The Labute approximate surface area is 129 Å². The molecule has 1 saturated heterocycles. The average Bonchev–Trinajstić information content (AvgIpc) is 2.94. The molecule has 0 saturated carbocycles. The van der Waals surface area contributed by atoms with Crippen LogP contribution in [-0.2, 0) is 11.2 Å². The van der Waals surface area contributed by atoms with Crippen LogP contribution in [-0.4, -0.2) is 32.7 Å². The van der Waals surface area contributed by atoms with Crippen molar-refractivity contribution in [2.75, 3.05) is 13.2 Å². The minimum atomic E-state index is 0.626. The standard InChI is InChI=1S/C17H18N4O/c1-3-14(12-18-7-1)21-16(11-13-5-9-22-10-6-13)20-15-4-2-8-19-17(15)21/h1-4,7-8,12-13H,5-6,9-11H2. The number of aromatic nitrogens is 4. The molecule has 0 amide bonds. The Morgan fingerprint density at radius 1 is 1.14 bits per heavy atom. The molecule has 22 heavy (non-hydrogen) atoms. The van der Waals surface area contributed by atoms with Gasteiger partial charge in [0.15, 0.2) is 5.65 Å². The van der Waals surface area contributed by atoms with E-state index in [4.69, 9.17) is 9.72 Å². The molecule has 0 radical (unpaired) electrons. The lowest BCUT2D eigenvalue weighted by atomic mass is 9.96. The van der Waals surface area contributed by atoms with Crippen molar-refractivity contribution in [3.63, 3.8) is 0 Å². The first-order valence-corrected chi connectivity index (χ1v) is 7.72. The van der Waals surface area contributed by atoms with Gasteiger partial charge in [-0.25, -0.2) is 9.97 Å². The topological polar surface area (TPSA) is 52.8 Å². The summed E-state index contributed by atoms with van der Waals surface area (Å²) in [6, 6.07) is 7.95. The Morgan fingerprint density at radius 2 is 2.00 bits per heavy atom. The molecule has 1 aliphatic rings. The van der Waals surface area contributed by atoms with E-state index in [0.29, 0.717) is 5.92 Å². The lowest BCUT2D eigenvalue weighted by Crippen LogP contribution is -2.19. The van der Waals surface area contributed by atoms with Crippen LogP contribution in [0.1, 0.15) is 18.7 Å². The van der Waals surface area contributed by atoms with E-state index in [2.05, 4.69) is 20.6 Å². The van der Waals surface area contributed by atoms with E-state index in [9.17, 15) is 0 Å². The van der Waals surface area contributed by atoms with Gasteiger partial charge in [-0.2, -0.15) is 0 Å². The summed E-state index contributed by atoms with van der Waals surface area (Å²) in [7, 11) is 0. The second-order valence-electron chi connectivity index (χ2n) is 5.68. The highest BCUT2D eigenvalue weighted by molar-refractivity contribution is 5.73. The van der Waals surface area contributed by atoms with E-state index >= 15 is 0 Å². The number of imidazole rings is 1. The molecular formula is C17H18N4O. The monoisotopic (exact) mass is 294 g/mol. The Kier molecular flexibility index (Phi) is 3.56. The van der Waals surface area contributed by atoms with Crippen LogP contribution in [0, 0.1) is 5.92 Å². The molecular weight excluding hydrogens is 276 g/mol. The molecule has 4 heterocycles. The number of pyridine rings is 2. The van der Waals surface area contributed by atoms with Crippen molar-refractivity contribution in [3.8, 4) is 5.69 Å². The van der Waals surface area contributed by atoms with Gasteiger partial charge in [0.05, 0.1) is 11.9 Å². The summed E-state index contributed by atoms with van der Waals surface area (Å²) in [6.07, 6.45) is 8.62. The fourth-order valence-electron chi connectivity index (χ4n) is 3.06. The van der Waals surface area contributed by atoms with Crippen LogP contribution in [0.3, 0.4) is 0 Å². The molecule has 112 valence electrons. The second-order valence-corrected chi connectivity index (χ2v) is 5.68. The summed E-state index contributed by atoms with van der Waals surface area (Å²) in [5.41, 5.74) is 2.86. The first kappa shape index (κ1) is 13.4. The first-order chi connectivity index (χ1) is 10.9. The van der Waals surface area contributed by atoms with Crippen LogP contribution < -0.4 is 0 Å². The third-order valence-corrected chi connectivity index (χ3v) is 4.20. The molecule has 0 aromatic carbocycles. The normalized spacial score (nSPS) is 16.2. The van der Waals surface area contributed by atoms with Crippen LogP contribution >= 0.6 is 0 Å². The maximum atomic E-state index is 5.46. The minimum Gasteiger partial charge on any atom is -0.381 e. The van der Waals surface area contributed by atoms with E-state index in [1.807, 2.05) is 30.6 Å². The summed E-state index contributed by atoms with van der Waals surface area (Å²) in [5.74, 6) is 1.69. The van der Waals surface area contributed by atoms with Gasteiger partial charge in [0.2, 0.25) is 0 Å². The molecule has 4 rings (SSSR count). The number of hydrogen-bond donors (Lipinski definition) is 0. The Bertz CT molecular complexity index is 763. The van der Waals surface area contributed by atoms with Gasteiger partial charge in [0, 0.05) is 32.0 Å². The molecule has 0 unspecified atom stereocenters. The molecule has 3 aromatic rings. The largest absolute Gasteiger partial charge is 0.381 e. The molecule has 1 aliphatic heterocycles. The molecule has 5 heteroatoms. The molecule has 5 nitrogen and oxygen atoms in total. The number of fused-ring (bicyclic) bond motifs is 1. The van der Waals surface area contributed by atoms with Gasteiger partial charge in [-0.15, -0.1) is 0 Å². The summed E-state index contributed by atoms with van der Waals surface area (Å²) < 4.78 is 7.60. The molecule has 1 fully saturated rings. The molecule has 3 aromatic heterocycles. The predicted octanol–water partition coefficient (Wildman–Crippen LogP) is 2.78. The van der Waals surface area contributed by atoms with Gasteiger partial charge in [-0.1, -0.05) is 0 Å². The average molecular weight is 294 g/mol. The molecule has 0 aliphatic carbocycles. The highest BCUT2D eigenvalue weighted by Gasteiger charge is 2.20. The van der Waals surface area contributed by atoms with E-state index in [1.54, 1.807) is 6.20 Å². The summed E-state index contributed by atoms with van der Waals surface area (Å²) in [4.78, 5) is 13.6. The molecule has 0 N–H and O–H groups in total. The maximum Gasteiger partial charge on any atom is 0.164 e. The zero-order chi connectivity index (χ0) is 14.8. The molecule has 0 spiro atoms. The number of hydrogen-bond acceptors (Lipinski definition) is 4. The Morgan fingerprint density at radius 3 is 2.82 bits per heavy atom. The summed E-state index contributed by atoms with van der Waals surface area (Å²) in [5, 5.41) is 0. The minimum absolute atomic E-state index is 0.626. The molecule has 0 atom stereocenters. The van der Waals surface area contributed by atoms with Crippen molar-refractivity contribution >= 4 is 11.2 Å². The van der Waals surface area contributed by atoms with Gasteiger partial charge in [0.25, 0.3) is 0 Å². The van der Waals surface area contributed by atoms with Crippen LogP contribution in [0.15, 0.2) is 42.9 Å². The van der Waals surface area contributed by atoms with Crippen LogP contribution in [0.25, 0.3) is 16.9 Å². The van der Waals surface area contributed by atoms with Crippen LogP contribution in [0.4, 0.5) is 0 Å². The second kappa shape index (κ2) is 5.85.